The molecule has 0 radical (unpaired) electrons. The van der Waals surface area contributed by atoms with E-state index in [0.29, 0.717) is 5.92 Å². The molecular weight excluding hydrogens is 356 g/mol. The molecule has 1 unspecified atom stereocenters. The number of hydrogen-bond acceptors (Lipinski definition) is 5. The summed E-state index contributed by atoms with van der Waals surface area (Å²) < 4.78 is 0. The van der Waals surface area contributed by atoms with Gasteiger partial charge in [0.2, 0.25) is 5.91 Å². The van der Waals surface area contributed by atoms with Gasteiger partial charge in [-0.1, -0.05) is 18.2 Å². The fourth-order valence-corrected chi connectivity index (χ4v) is 4.16. The lowest BCUT2D eigenvalue weighted by molar-refractivity contribution is -0.130. The van der Waals surface area contributed by atoms with Gasteiger partial charge >= 0.3 is 0 Å². The zero-order valence-corrected chi connectivity index (χ0v) is 16.5. The van der Waals surface area contributed by atoms with Gasteiger partial charge in [0.1, 0.15) is 0 Å². The van der Waals surface area contributed by atoms with Crippen LogP contribution in [0.15, 0.2) is 30.3 Å². The molecule has 3 rings (SSSR count). The second kappa shape index (κ2) is 9.71. The minimum atomic E-state index is -0.535. The Labute approximate surface area is 166 Å². The Bertz CT molecular complexity index is 713. The van der Waals surface area contributed by atoms with Crippen LogP contribution in [0.3, 0.4) is 0 Å². The van der Waals surface area contributed by atoms with Crippen LogP contribution in [-0.2, 0) is 9.59 Å². The first-order valence-corrected chi connectivity index (χ1v) is 10.0. The highest BCUT2D eigenvalue weighted by Crippen LogP contribution is 2.24. The van der Waals surface area contributed by atoms with Gasteiger partial charge in [0, 0.05) is 64.5 Å². The first-order chi connectivity index (χ1) is 13.6. The Hall–Kier alpha value is -2.38. The van der Waals surface area contributed by atoms with Gasteiger partial charge in [-0.2, -0.15) is 0 Å². The standard InChI is InChI=1S/C21H30N4O3/c1-17(26)25-10-4-5-18(16-25)15-23-11-13-24(14-12-23)20-7-3-2-6-19(20)8-9-21(27)22-28/h2-3,6-9,18,28H,4-5,10-16H2,1H3,(H,22,27). The normalized spacial score (nSPS) is 21.1. The molecule has 0 aliphatic carbocycles. The fraction of sp³-hybridized carbons (Fsp3) is 0.524. The lowest BCUT2D eigenvalue weighted by Gasteiger charge is -2.40. The third-order valence-electron chi connectivity index (χ3n) is 5.65. The molecule has 1 aromatic carbocycles. The van der Waals surface area contributed by atoms with Crippen LogP contribution < -0.4 is 10.4 Å². The molecule has 2 aliphatic rings. The van der Waals surface area contributed by atoms with Crippen LogP contribution >= 0.6 is 0 Å². The third kappa shape index (κ3) is 5.33. The number of para-hydroxylation sites is 1. The van der Waals surface area contributed by atoms with Crippen LogP contribution in [0, 0.1) is 5.92 Å². The van der Waals surface area contributed by atoms with Crippen molar-refractivity contribution in [1.29, 1.82) is 0 Å². The topological polar surface area (TPSA) is 76.1 Å². The molecule has 7 heteroatoms. The van der Waals surface area contributed by atoms with Crippen molar-refractivity contribution in [2.24, 2.45) is 5.92 Å². The maximum atomic E-state index is 11.6. The van der Waals surface area contributed by atoms with Gasteiger partial charge in [0.25, 0.3) is 5.91 Å². The van der Waals surface area contributed by atoms with Crippen molar-refractivity contribution in [2.75, 3.05) is 50.7 Å². The first-order valence-electron chi connectivity index (χ1n) is 10.0. The van der Waals surface area contributed by atoms with Crippen molar-refractivity contribution in [3.05, 3.63) is 35.9 Å². The van der Waals surface area contributed by atoms with Gasteiger partial charge in [-0.3, -0.25) is 19.7 Å². The van der Waals surface area contributed by atoms with Crippen molar-refractivity contribution in [2.45, 2.75) is 19.8 Å². The molecule has 2 aliphatic heterocycles. The lowest BCUT2D eigenvalue weighted by atomic mass is 9.97. The molecule has 152 valence electrons. The number of anilines is 1. The van der Waals surface area contributed by atoms with Crippen molar-refractivity contribution in [1.82, 2.24) is 15.3 Å². The quantitative estimate of drug-likeness (QED) is 0.457. The SMILES string of the molecule is CC(=O)N1CCCC(CN2CCN(c3ccccc3C=CC(=O)NO)CC2)C1. The maximum Gasteiger partial charge on any atom is 0.267 e. The molecule has 0 aromatic heterocycles. The van der Waals surface area contributed by atoms with Gasteiger partial charge in [0.05, 0.1) is 0 Å². The molecule has 0 spiro atoms. The van der Waals surface area contributed by atoms with E-state index in [1.54, 1.807) is 18.5 Å². The Kier molecular flexibility index (Phi) is 7.06. The second-order valence-corrected chi connectivity index (χ2v) is 7.63. The van der Waals surface area contributed by atoms with Gasteiger partial charge in [0.15, 0.2) is 0 Å². The number of hydroxylamine groups is 1. The Morgan fingerprint density at radius 2 is 1.93 bits per heavy atom. The average molecular weight is 386 g/mol. The highest BCUT2D eigenvalue weighted by atomic mass is 16.5. The molecule has 2 heterocycles. The number of nitrogens with zero attached hydrogens (tertiary/aromatic N) is 3. The van der Waals surface area contributed by atoms with Crippen LogP contribution in [0.4, 0.5) is 5.69 Å². The van der Waals surface area contributed by atoms with Crippen LogP contribution in [0.5, 0.6) is 0 Å². The number of carbonyl (C=O) groups is 2. The summed E-state index contributed by atoms with van der Waals surface area (Å²) in [4.78, 5) is 29.7. The molecule has 0 saturated carbocycles. The smallest absolute Gasteiger partial charge is 0.267 e. The average Bonchev–Trinajstić information content (AvgIpc) is 2.73. The number of piperidine rings is 1. The number of benzene rings is 1. The zero-order chi connectivity index (χ0) is 19.9. The molecule has 0 bridgehead atoms. The minimum absolute atomic E-state index is 0.189. The summed E-state index contributed by atoms with van der Waals surface area (Å²) in [6, 6.07) is 7.99. The minimum Gasteiger partial charge on any atom is -0.368 e. The van der Waals surface area contributed by atoms with E-state index < -0.39 is 5.91 Å². The number of rotatable bonds is 5. The van der Waals surface area contributed by atoms with Crippen molar-refractivity contribution < 1.29 is 14.8 Å². The summed E-state index contributed by atoms with van der Waals surface area (Å²) in [5, 5.41) is 8.65. The number of hydrogen-bond donors (Lipinski definition) is 2. The number of likely N-dealkylation sites (tertiary alicyclic amines) is 1. The van der Waals surface area contributed by atoms with E-state index in [1.807, 2.05) is 23.1 Å². The van der Waals surface area contributed by atoms with Crippen molar-refractivity contribution >= 4 is 23.6 Å². The van der Waals surface area contributed by atoms with E-state index in [-0.39, 0.29) is 5.91 Å². The molecule has 1 atom stereocenters. The fourth-order valence-electron chi connectivity index (χ4n) is 4.16. The van der Waals surface area contributed by atoms with Gasteiger partial charge in [-0.25, -0.2) is 5.48 Å². The Morgan fingerprint density at radius 3 is 2.64 bits per heavy atom. The molecular formula is C21H30N4O3. The van der Waals surface area contributed by atoms with Gasteiger partial charge in [-0.15, -0.1) is 0 Å². The predicted molar refractivity (Wildman–Crippen MR) is 109 cm³/mol. The van der Waals surface area contributed by atoms with Crippen molar-refractivity contribution in [3.63, 3.8) is 0 Å². The van der Waals surface area contributed by atoms with Crippen LogP contribution in [0.25, 0.3) is 6.08 Å². The first kappa shape index (κ1) is 20.4. The maximum absolute atomic E-state index is 11.6. The highest BCUT2D eigenvalue weighted by molar-refractivity contribution is 5.91. The van der Waals surface area contributed by atoms with Crippen LogP contribution in [0.1, 0.15) is 25.3 Å². The molecule has 2 fully saturated rings. The van der Waals surface area contributed by atoms with Gasteiger partial charge < -0.3 is 9.80 Å². The van der Waals surface area contributed by atoms with Crippen LogP contribution in [-0.4, -0.2) is 72.6 Å². The number of carbonyl (C=O) groups excluding carboxylic acids is 2. The largest absolute Gasteiger partial charge is 0.368 e. The molecule has 2 saturated heterocycles. The molecule has 1 aromatic rings. The Morgan fingerprint density at radius 1 is 1.18 bits per heavy atom. The Balaban J connectivity index is 1.55. The van der Waals surface area contributed by atoms with E-state index in [4.69, 9.17) is 5.21 Å². The monoisotopic (exact) mass is 386 g/mol. The number of piperazine rings is 1. The molecule has 2 amide bonds. The molecule has 2 N–H and O–H groups in total. The molecule has 7 nitrogen and oxygen atoms in total. The summed E-state index contributed by atoms with van der Waals surface area (Å²) in [5.74, 6) is 0.220. The highest BCUT2D eigenvalue weighted by Gasteiger charge is 2.25. The number of amides is 2. The summed E-state index contributed by atoms with van der Waals surface area (Å²) >= 11 is 0. The third-order valence-corrected chi connectivity index (χ3v) is 5.65. The molecule has 28 heavy (non-hydrogen) atoms. The van der Waals surface area contributed by atoms with E-state index in [1.165, 1.54) is 12.5 Å². The number of nitrogens with one attached hydrogen (secondary N) is 1. The van der Waals surface area contributed by atoms with Gasteiger partial charge in [-0.05, 0) is 36.5 Å². The van der Waals surface area contributed by atoms with E-state index in [9.17, 15) is 9.59 Å². The summed E-state index contributed by atoms with van der Waals surface area (Å²) in [6.45, 7) is 8.35. The summed E-state index contributed by atoms with van der Waals surface area (Å²) in [5.41, 5.74) is 3.68. The van der Waals surface area contributed by atoms with Crippen molar-refractivity contribution in [3.8, 4) is 0 Å². The van der Waals surface area contributed by atoms with E-state index in [0.717, 1.165) is 63.5 Å². The van der Waals surface area contributed by atoms with E-state index >= 15 is 0 Å². The summed E-state index contributed by atoms with van der Waals surface area (Å²) in [6.07, 6.45) is 5.36. The summed E-state index contributed by atoms with van der Waals surface area (Å²) in [7, 11) is 0. The van der Waals surface area contributed by atoms with E-state index in [2.05, 4.69) is 15.9 Å². The lowest BCUT2D eigenvalue weighted by Crippen LogP contribution is -2.50. The second-order valence-electron chi connectivity index (χ2n) is 7.63. The predicted octanol–water partition coefficient (Wildman–Crippen LogP) is 1.59. The van der Waals surface area contributed by atoms with Crippen LogP contribution in [0.2, 0.25) is 0 Å². The zero-order valence-electron chi connectivity index (χ0n) is 16.5.